The number of fused-ring (bicyclic) bond motifs is 1. The van der Waals surface area contributed by atoms with Gasteiger partial charge in [-0.3, -0.25) is 9.69 Å². The number of aliphatic hydroxyl groups is 1. The van der Waals surface area contributed by atoms with E-state index in [-0.39, 0.29) is 11.9 Å². The second kappa shape index (κ2) is 8.05. The summed E-state index contributed by atoms with van der Waals surface area (Å²) in [4.78, 5) is 16.8. The highest BCUT2D eigenvalue weighted by molar-refractivity contribution is 5.94. The van der Waals surface area contributed by atoms with Gasteiger partial charge in [0, 0.05) is 19.6 Å². The molecule has 2 fully saturated rings. The molecule has 0 radical (unpaired) electrons. The van der Waals surface area contributed by atoms with Gasteiger partial charge in [-0.1, -0.05) is 19.1 Å². The van der Waals surface area contributed by atoms with Crippen LogP contribution in [0.3, 0.4) is 0 Å². The fraction of sp³-hybridized carbons (Fsp3) is 0.650. The monoisotopic (exact) mass is 387 g/mol. The first kappa shape index (κ1) is 19.1. The van der Waals surface area contributed by atoms with Crippen molar-refractivity contribution in [1.82, 2.24) is 24.8 Å². The second-order valence-corrected chi connectivity index (χ2v) is 8.00. The summed E-state index contributed by atoms with van der Waals surface area (Å²) >= 11 is 0. The van der Waals surface area contributed by atoms with Crippen molar-refractivity contribution in [1.29, 1.82) is 0 Å². The van der Waals surface area contributed by atoms with E-state index in [1.165, 1.54) is 12.5 Å². The maximum atomic E-state index is 12.6. The van der Waals surface area contributed by atoms with E-state index in [0.29, 0.717) is 30.4 Å². The number of rotatable bonds is 6. The van der Waals surface area contributed by atoms with Gasteiger partial charge in [-0.05, 0) is 43.8 Å². The number of hydrogen-bond acceptors (Lipinski definition) is 6. The van der Waals surface area contributed by atoms with Crippen LogP contribution in [0.5, 0.6) is 0 Å². The van der Waals surface area contributed by atoms with E-state index in [9.17, 15) is 9.90 Å². The molecule has 28 heavy (non-hydrogen) atoms. The van der Waals surface area contributed by atoms with Crippen LogP contribution in [0.4, 0.5) is 0 Å². The summed E-state index contributed by atoms with van der Waals surface area (Å²) in [6.07, 6.45) is 6.03. The zero-order valence-electron chi connectivity index (χ0n) is 16.6. The van der Waals surface area contributed by atoms with Crippen LogP contribution < -0.4 is 0 Å². The quantitative estimate of drug-likeness (QED) is 0.813. The molecule has 3 heterocycles. The third-order valence-electron chi connectivity index (χ3n) is 6.34. The molecule has 0 bridgehead atoms. The molecule has 0 aromatic carbocycles. The molecule has 2 aromatic rings. The highest BCUT2D eigenvalue weighted by Gasteiger charge is 2.44. The number of nitrogens with zero attached hydrogens (tertiary/aromatic N) is 5. The van der Waals surface area contributed by atoms with Gasteiger partial charge < -0.3 is 14.4 Å². The van der Waals surface area contributed by atoms with Gasteiger partial charge in [0.2, 0.25) is 0 Å². The number of aliphatic hydroxyl groups excluding tert-OH is 1. The Balaban J connectivity index is 1.42. The lowest BCUT2D eigenvalue weighted by atomic mass is 9.77. The Morgan fingerprint density at radius 3 is 2.71 bits per heavy atom. The minimum Gasteiger partial charge on any atom is -0.472 e. The molecule has 1 aliphatic carbocycles. The lowest BCUT2D eigenvalue weighted by molar-refractivity contribution is 0.0298. The highest BCUT2D eigenvalue weighted by atomic mass is 16.3. The molecule has 1 saturated heterocycles. The van der Waals surface area contributed by atoms with Crippen molar-refractivity contribution in [3.05, 3.63) is 36.0 Å². The van der Waals surface area contributed by atoms with Crippen LogP contribution in [0.1, 0.15) is 48.8 Å². The van der Waals surface area contributed by atoms with Gasteiger partial charge in [0.1, 0.15) is 6.26 Å². The summed E-state index contributed by atoms with van der Waals surface area (Å²) in [5.74, 6) is 0.719. The molecule has 0 spiro atoms. The largest absolute Gasteiger partial charge is 0.472 e. The van der Waals surface area contributed by atoms with Gasteiger partial charge in [0.15, 0.2) is 0 Å². The van der Waals surface area contributed by atoms with E-state index < -0.39 is 6.10 Å². The van der Waals surface area contributed by atoms with Crippen molar-refractivity contribution in [2.24, 2.45) is 11.8 Å². The number of furan rings is 1. The molecule has 8 heteroatoms. The van der Waals surface area contributed by atoms with Gasteiger partial charge >= 0.3 is 0 Å². The number of carbonyl (C=O) groups excluding carboxylic acids is 1. The van der Waals surface area contributed by atoms with E-state index in [2.05, 4.69) is 29.1 Å². The predicted molar refractivity (Wildman–Crippen MR) is 103 cm³/mol. The van der Waals surface area contributed by atoms with Gasteiger partial charge in [0.05, 0.1) is 35.9 Å². The van der Waals surface area contributed by atoms with Crippen molar-refractivity contribution in [2.45, 2.75) is 45.4 Å². The average molecular weight is 387 g/mol. The molecule has 2 aliphatic rings. The molecule has 1 amide bonds. The summed E-state index contributed by atoms with van der Waals surface area (Å²) in [6.45, 7) is 8.40. The second-order valence-electron chi connectivity index (χ2n) is 8.00. The molecule has 2 aromatic heterocycles. The smallest absolute Gasteiger partial charge is 0.257 e. The molecule has 0 unspecified atom stereocenters. The third kappa shape index (κ3) is 3.71. The fourth-order valence-corrected chi connectivity index (χ4v) is 4.65. The van der Waals surface area contributed by atoms with E-state index in [1.54, 1.807) is 6.07 Å². The summed E-state index contributed by atoms with van der Waals surface area (Å²) in [5.41, 5.74) is 1.52. The third-order valence-corrected chi connectivity index (χ3v) is 6.34. The normalized spacial score (nSPS) is 27.4. The van der Waals surface area contributed by atoms with E-state index in [1.807, 2.05) is 15.8 Å². The van der Waals surface area contributed by atoms with E-state index in [0.717, 1.165) is 38.3 Å². The Labute approximate surface area is 165 Å². The standard InChI is InChI=1S/C20H29N5O3/c1-3-23(4-2)11-17-12-25(22-21-17)18-7-15-9-24(10-16(15)8-19(18)26)20(27)14-5-6-28-13-14/h5-6,12-13,15-16,18-19,26H,3-4,7-11H2,1-2H3/t15-,16+,18-,19-/m1/s1. The number of aromatic nitrogens is 3. The Kier molecular flexibility index (Phi) is 5.50. The highest BCUT2D eigenvalue weighted by Crippen LogP contribution is 2.41. The number of amides is 1. The summed E-state index contributed by atoms with van der Waals surface area (Å²) < 4.78 is 6.88. The molecule has 152 valence electrons. The lowest BCUT2D eigenvalue weighted by Crippen LogP contribution is -2.36. The number of hydrogen-bond donors (Lipinski definition) is 1. The van der Waals surface area contributed by atoms with Crippen molar-refractivity contribution in [3.63, 3.8) is 0 Å². The SMILES string of the molecule is CCN(CC)Cc1cn([C@@H]2C[C@@H]3CN(C(=O)c4ccoc4)C[C@@H]3C[C@H]2O)nn1. The van der Waals surface area contributed by atoms with Crippen molar-refractivity contribution in [2.75, 3.05) is 26.2 Å². The maximum absolute atomic E-state index is 12.6. The van der Waals surface area contributed by atoms with Crippen molar-refractivity contribution in [3.8, 4) is 0 Å². The molecule has 4 rings (SSSR count). The van der Waals surface area contributed by atoms with Crippen LogP contribution in [0, 0.1) is 11.8 Å². The molecule has 8 nitrogen and oxygen atoms in total. The predicted octanol–water partition coefficient (Wildman–Crippen LogP) is 1.80. The Morgan fingerprint density at radius 1 is 1.29 bits per heavy atom. The molecular formula is C20H29N5O3. The first-order chi connectivity index (χ1) is 13.6. The van der Waals surface area contributed by atoms with E-state index in [4.69, 9.17) is 4.42 Å². The van der Waals surface area contributed by atoms with E-state index >= 15 is 0 Å². The summed E-state index contributed by atoms with van der Waals surface area (Å²) in [6, 6.07) is 1.62. The van der Waals surface area contributed by atoms with Crippen LogP contribution >= 0.6 is 0 Å². The Morgan fingerprint density at radius 2 is 2.04 bits per heavy atom. The van der Waals surface area contributed by atoms with Crippen LogP contribution in [-0.4, -0.2) is 68.1 Å². The molecular weight excluding hydrogens is 358 g/mol. The van der Waals surface area contributed by atoms with Crippen molar-refractivity contribution < 1.29 is 14.3 Å². The number of likely N-dealkylation sites (tertiary alicyclic amines) is 1. The topological polar surface area (TPSA) is 87.6 Å². The molecule has 4 atom stereocenters. The maximum Gasteiger partial charge on any atom is 0.257 e. The zero-order chi connectivity index (χ0) is 19.7. The van der Waals surface area contributed by atoms with Crippen LogP contribution in [0.25, 0.3) is 0 Å². The Hall–Kier alpha value is -2.19. The minimum absolute atomic E-state index is 0.0106. The minimum atomic E-state index is -0.465. The first-order valence-corrected chi connectivity index (χ1v) is 10.2. The molecule has 1 aliphatic heterocycles. The number of carbonyl (C=O) groups is 1. The Bertz CT molecular complexity index is 786. The summed E-state index contributed by atoms with van der Waals surface area (Å²) in [7, 11) is 0. The zero-order valence-corrected chi connectivity index (χ0v) is 16.6. The van der Waals surface area contributed by atoms with Gasteiger partial charge in [0.25, 0.3) is 5.91 Å². The fourth-order valence-electron chi connectivity index (χ4n) is 4.65. The lowest BCUT2D eigenvalue weighted by Gasteiger charge is -2.34. The van der Waals surface area contributed by atoms with Gasteiger partial charge in [-0.25, -0.2) is 4.68 Å². The van der Waals surface area contributed by atoms with Gasteiger partial charge in [-0.2, -0.15) is 0 Å². The van der Waals surface area contributed by atoms with Gasteiger partial charge in [-0.15, -0.1) is 5.10 Å². The summed E-state index contributed by atoms with van der Waals surface area (Å²) in [5, 5.41) is 19.4. The molecule has 1 N–H and O–H groups in total. The van der Waals surface area contributed by atoms with Crippen LogP contribution in [0.2, 0.25) is 0 Å². The average Bonchev–Trinajstić information content (AvgIpc) is 3.44. The van der Waals surface area contributed by atoms with Crippen LogP contribution in [-0.2, 0) is 6.54 Å². The van der Waals surface area contributed by atoms with Crippen LogP contribution in [0.15, 0.2) is 29.2 Å². The first-order valence-electron chi connectivity index (χ1n) is 10.2. The molecule has 1 saturated carbocycles. The van der Waals surface area contributed by atoms with Crippen molar-refractivity contribution >= 4 is 5.91 Å².